The molecular weight excluding hydrogens is 324 g/mol. The predicted molar refractivity (Wildman–Crippen MR) is 89.1 cm³/mol. The summed E-state index contributed by atoms with van der Waals surface area (Å²) in [4.78, 5) is 31.4. The Labute approximate surface area is 146 Å². The Morgan fingerprint density at radius 3 is 2.64 bits per heavy atom. The molecule has 9 nitrogen and oxygen atoms in total. The lowest BCUT2D eigenvalue weighted by Gasteiger charge is -2.33. The number of nitrogens with zero attached hydrogens (tertiary/aromatic N) is 4. The monoisotopic (exact) mass is 346 g/mol. The van der Waals surface area contributed by atoms with Crippen LogP contribution in [0.15, 0.2) is 4.42 Å². The molecule has 2 heterocycles. The average molecular weight is 346 g/mol. The Kier molecular flexibility index (Phi) is 5.19. The minimum atomic E-state index is -0.473. The van der Waals surface area contributed by atoms with Gasteiger partial charge in [0.25, 0.3) is 0 Å². The number of hydrogen-bond donors (Lipinski definition) is 2. The summed E-state index contributed by atoms with van der Waals surface area (Å²) >= 11 is 0. The van der Waals surface area contributed by atoms with Crippen molar-refractivity contribution >= 4 is 17.8 Å². The number of nitrogens with one attached hydrogen (secondary N) is 2. The quantitative estimate of drug-likeness (QED) is 0.792. The zero-order valence-electron chi connectivity index (χ0n) is 14.2. The second kappa shape index (κ2) is 7.53. The standard InChI is InChI=1S/C16H22N6O3/c1-2-18-16(24)20-13(23)10-21-5-7-22(8-6-21)15-12(9-17)19-14(25-15)11-3-4-11/h11H,2-8,10H2,1H3,(H2,18,20,23,24). The van der Waals surface area contributed by atoms with Crippen LogP contribution in [-0.2, 0) is 4.79 Å². The number of nitriles is 1. The summed E-state index contributed by atoms with van der Waals surface area (Å²) in [6, 6.07) is 1.63. The topological polar surface area (TPSA) is 114 Å². The number of amides is 3. The maximum atomic E-state index is 11.8. The largest absolute Gasteiger partial charge is 0.423 e. The molecule has 0 radical (unpaired) electrons. The molecule has 0 unspecified atom stereocenters. The van der Waals surface area contributed by atoms with E-state index in [1.165, 1.54) is 0 Å². The lowest BCUT2D eigenvalue weighted by Crippen LogP contribution is -2.51. The fourth-order valence-electron chi connectivity index (χ4n) is 2.80. The van der Waals surface area contributed by atoms with Crippen LogP contribution in [0.1, 0.15) is 37.3 Å². The first-order chi connectivity index (χ1) is 12.1. The molecule has 9 heteroatoms. The summed E-state index contributed by atoms with van der Waals surface area (Å²) in [6.07, 6.45) is 2.14. The summed E-state index contributed by atoms with van der Waals surface area (Å²) in [5.74, 6) is 1.24. The lowest BCUT2D eigenvalue weighted by molar-refractivity contribution is -0.121. The summed E-state index contributed by atoms with van der Waals surface area (Å²) < 4.78 is 5.81. The van der Waals surface area contributed by atoms with Crippen LogP contribution in [0.25, 0.3) is 0 Å². The van der Waals surface area contributed by atoms with Gasteiger partial charge in [-0.15, -0.1) is 0 Å². The molecule has 3 amide bonds. The summed E-state index contributed by atoms with van der Waals surface area (Å²) in [7, 11) is 0. The fraction of sp³-hybridized carbons (Fsp3) is 0.625. The van der Waals surface area contributed by atoms with Gasteiger partial charge in [0.05, 0.1) is 6.54 Å². The van der Waals surface area contributed by atoms with Crippen LogP contribution in [0.4, 0.5) is 10.7 Å². The minimum absolute atomic E-state index is 0.166. The highest BCUT2D eigenvalue weighted by Gasteiger charge is 2.32. The molecule has 0 bridgehead atoms. The van der Waals surface area contributed by atoms with Crippen LogP contribution in [0.5, 0.6) is 0 Å². The van der Waals surface area contributed by atoms with E-state index in [2.05, 4.69) is 21.7 Å². The van der Waals surface area contributed by atoms with Gasteiger partial charge < -0.3 is 14.6 Å². The van der Waals surface area contributed by atoms with Crippen molar-refractivity contribution in [3.8, 4) is 6.07 Å². The third-order valence-electron chi connectivity index (χ3n) is 4.28. The van der Waals surface area contributed by atoms with Crippen molar-refractivity contribution in [2.75, 3.05) is 44.2 Å². The summed E-state index contributed by atoms with van der Waals surface area (Å²) in [6.45, 7) is 5.00. The molecular formula is C16H22N6O3. The van der Waals surface area contributed by atoms with Crippen molar-refractivity contribution in [1.29, 1.82) is 5.26 Å². The van der Waals surface area contributed by atoms with E-state index < -0.39 is 6.03 Å². The fourth-order valence-corrected chi connectivity index (χ4v) is 2.80. The second-order valence-electron chi connectivity index (χ2n) is 6.26. The van der Waals surface area contributed by atoms with E-state index in [0.29, 0.717) is 56.1 Å². The molecule has 1 saturated heterocycles. The maximum absolute atomic E-state index is 11.8. The predicted octanol–water partition coefficient (Wildman–Crippen LogP) is 0.391. The number of imide groups is 1. The van der Waals surface area contributed by atoms with Gasteiger partial charge in [0, 0.05) is 38.6 Å². The van der Waals surface area contributed by atoms with Crippen molar-refractivity contribution < 1.29 is 14.0 Å². The minimum Gasteiger partial charge on any atom is -0.423 e. The van der Waals surface area contributed by atoms with E-state index >= 15 is 0 Å². The molecule has 2 fully saturated rings. The van der Waals surface area contributed by atoms with Crippen LogP contribution < -0.4 is 15.5 Å². The molecule has 0 atom stereocenters. The number of rotatable bonds is 5. The number of urea groups is 1. The number of carbonyl (C=O) groups is 2. The third-order valence-corrected chi connectivity index (χ3v) is 4.28. The van der Waals surface area contributed by atoms with Gasteiger partial charge in [-0.25, -0.2) is 9.78 Å². The molecule has 2 aliphatic rings. The molecule has 1 aromatic rings. The van der Waals surface area contributed by atoms with Gasteiger partial charge >= 0.3 is 6.03 Å². The van der Waals surface area contributed by atoms with Gasteiger partial charge in [0.15, 0.2) is 0 Å². The second-order valence-corrected chi connectivity index (χ2v) is 6.26. The first-order valence-electron chi connectivity index (χ1n) is 8.56. The molecule has 1 saturated carbocycles. The van der Waals surface area contributed by atoms with E-state index in [0.717, 1.165) is 12.8 Å². The van der Waals surface area contributed by atoms with E-state index in [-0.39, 0.29) is 12.5 Å². The number of oxazole rings is 1. The Morgan fingerprint density at radius 1 is 1.32 bits per heavy atom. The molecule has 2 N–H and O–H groups in total. The normalized spacial score (nSPS) is 17.8. The number of aromatic nitrogens is 1. The summed E-state index contributed by atoms with van der Waals surface area (Å²) in [5, 5.41) is 14.1. The molecule has 3 rings (SSSR count). The highest BCUT2D eigenvalue weighted by atomic mass is 16.4. The van der Waals surface area contributed by atoms with Crippen LogP contribution in [-0.4, -0.2) is 61.1 Å². The van der Waals surface area contributed by atoms with Crippen molar-refractivity contribution in [2.45, 2.75) is 25.7 Å². The molecule has 0 spiro atoms. The molecule has 25 heavy (non-hydrogen) atoms. The Bertz CT molecular complexity index is 683. The number of anilines is 1. The Balaban J connectivity index is 1.51. The van der Waals surface area contributed by atoms with E-state index in [1.54, 1.807) is 6.92 Å². The average Bonchev–Trinajstić information content (AvgIpc) is 3.35. The van der Waals surface area contributed by atoms with Gasteiger partial charge in [-0.3, -0.25) is 15.0 Å². The van der Waals surface area contributed by atoms with Crippen LogP contribution >= 0.6 is 0 Å². The van der Waals surface area contributed by atoms with Crippen LogP contribution in [0, 0.1) is 11.3 Å². The summed E-state index contributed by atoms with van der Waals surface area (Å²) in [5.41, 5.74) is 0.337. The smallest absolute Gasteiger partial charge is 0.321 e. The number of piperazine rings is 1. The first kappa shape index (κ1) is 17.2. The zero-order valence-corrected chi connectivity index (χ0v) is 14.2. The highest BCUT2D eigenvalue weighted by Crippen LogP contribution is 2.41. The molecule has 1 aliphatic heterocycles. The number of hydrogen-bond acceptors (Lipinski definition) is 7. The Hall–Kier alpha value is -2.60. The molecule has 1 aliphatic carbocycles. The maximum Gasteiger partial charge on any atom is 0.321 e. The van der Waals surface area contributed by atoms with Crippen molar-refractivity contribution in [3.05, 3.63) is 11.6 Å². The van der Waals surface area contributed by atoms with Gasteiger partial charge in [0.1, 0.15) is 6.07 Å². The zero-order chi connectivity index (χ0) is 17.8. The van der Waals surface area contributed by atoms with E-state index in [4.69, 9.17) is 4.42 Å². The SMILES string of the molecule is CCNC(=O)NC(=O)CN1CCN(c2oc(C3CC3)nc2C#N)CC1. The van der Waals surface area contributed by atoms with Crippen LogP contribution in [0.3, 0.4) is 0 Å². The first-order valence-corrected chi connectivity index (χ1v) is 8.56. The van der Waals surface area contributed by atoms with E-state index in [1.807, 2.05) is 9.80 Å². The van der Waals surface area contributed by atoms with Crippen LogP contribution in [0.2, 0.25) is 0 Å². The van der Waals surface area contributed by atoms with E-state index in [9.17, 15) is 14.9 Å². The highest BCUT2D eigenvalue weighted by molar-refractivity contribution is 5.95. The lowest BCUT2D eigenvalue weighted by atomic mass is 10.3. The molecule has 1 aromatic heterocycles. The Morgan fingerprint density at radius 2 is 2.04 bits per heavy atom. The van der Waals surface area contributed by atoms with Gasteiger partial charge in [-0.2, -0.15) is 5.26 Å². The molecule has 0 aromatic carbocycles. The van der Waals surface area contributed by atoms with Crippen molar-refractivity contribution in [1.82, 2.24) is 20.5 Å². The van der Waals surface area contributed by atoms with Gasteiger partial charge in [0.2, 0.25) is 23.4 Å². The third kappa shape index (κ3) is 4.28. The van der Waals surface area contributed by atoms with Gasteiger partial charge in [-0.1, -0.05) is 0 Å². The van der Waals surface area contributed by atoms with Gasteiger partial charge in [-0.05, 0) is 19.8 Å². The number of carbonyl (C=O) groups excluding carboxylic acids is 2. The van der Waals surface area contributed by atoms with Crippen molar-refractivity contribution in [2.24, 2.45) is 0 Å². The molecule has 134 valence electrons. The van der Waals surface area contributed by atoms with Crippen molar-refractivity contribution in [3.63, 3.8) is 0 Å².